The molecule has 0 aliphatic heterocycles. The van der Waals surface area contributed by atoms with Crippen molar-refractivity contribution in [3.63, 3.8) is 0 Å². The molecule has 0 heterocycles. The predicted octanol–water partition coefficient (Wildman–Crippen LogP) is 6.44. The fraction of sp³-hybridized carbons (Fsp3) is 1.00. The van der Waals surface area contributed by atoms with Gasteiger partial charge in [-0.2, -0.15) is 0 Å². The molecular weight excluding hydrogens is 298 g/mol. The van der Waals surface area contributed by atoms with Gasteiger partial charge in [-0.1, -0.05) is 64.7 Å². The lowest BCUT2D eigenvalue weighted by Crippen LogP contribution is -2.26. The average Bonchev–Trinajstić information content (AvgIpc) is 2.25. The Kier molecular flexibility index (Phi) is 11.5. The van der Waals surface area contributed by atoms with E-state index in [4.69, 9.17) is 33.2 Å². The summed E-state index contributed by atoms with van der Waals surface area (Å²) in [6.07, 6.45) is 11.4. The highest BCUT2D eigenvalue weighted by molar-refractivity contribution is 7.65. The Morgan fingerprint density at radius 3 is 1.65 bits per heavy atom. The van der Waals surface area contributed by atoms with E-state index in [0.29, 0.717) is 6.42 Å². The molecule has 0 amide bonds. The largest absolute Gasteiger partial charge is 0.374 e. The summed E-state index contributed by atoms with van der Waals surface area (Å²) in [5.41, 5.74) is 0. The lowest BCUT2D eigenvalue weighted by molar-refractivity contribution is 0.397. The number of hydrogen-bond donors (Lipinski definition) is 0. The van der Waals surface area contributed by atoms with E-state index in [1.807, 2.05) is 0 Å². The van der Waals surface area contributed by atoms with Crippen LogP contribution in [0.1, 0.15) is 71.1 Å². The molecule has 0 aliphatic rings. The molecule has 0 fully saturated rings. The van der Waals surface area contributed by atoms with Crippen LogP contribution in [-0.2, 0) is 0 Å². The van der Waals surface area contributed by atoms with Crippen molar-refractivity contribution < 1.29 is 4.39 Å². The van der Waals surface area contributed by atoms with E-state index in [0.717, 1.165) is 12.8 Å². The van der Waals surface area contributed by atoms with Crippen LogP contribution in [0.25, 0.3) is 0 Å². The van der Waals surface area contributed by atoms with Crippen molar-refractivity contribution in [3.05, 3.63) is 0 Å². The van der Waals surface area contributed by atoms with Crippen molar-refractivity contribution in [3.8, 4) is 0 Å². The van der Waals surface area contributed by atoms with Crippen LogP contribution in [0.4, 0.5) is 4.39 Å². The van der Waals surface area contributed by atoms with Crippen LogP contribution in [0.3, 0.4) is 0 Å². The number of unbranched alkanes of at least 4 members (excludes halogenated alkanes) is 8. The molecule has 5 heteroatoms. The summed E-state index contributed by atoms with van der Waals surface area (Å²) in [6, 6.07) is -3.10. The number of rotatable bonds is 11. The maximum Gasteiger partial charge on any atom is 0.374 e. The van der Waals surface area contributed by atoms with Gasteiger partial charge >= 0.3 is 6.00 Å². The summed E-state index contributed by atoms with van der Waals surface area (Å²) in [5, 5.41) is 0. The van der Waals surface area contributed by atoms with Crippen LogP contribution in [0.5, 0.6) is 0 Å². The molecule has 0 N–H and O–H groups in total. The first kappa shape index (κ1) is 18.0. The van der Waals surface area contributed by atoms with Crippen LogP contribution >= 0.6 is 33.2 Å². The minimum Gasteiger partial charge on any atom is -0.247 e. The summed E-state index contributed by atoms with van der Waals surface area (Å²) < 4.78 is 13.3. The molecule has 0 saturated carbocycles. The quantitative estimate of drug-likeness (QED) is 0.233. The summed E-state index contributed by atoms with van der Waals surface area (Å²) in [4.78, 5) is 0. The molecule has 0 saturated heterocycles. The molecule has 1 unspecified atom stereocenters. The number of hydrogen-bond acceptors (Lipinski definition) is 0. The first-order chi connectivity index (χ1) is 7.98. The first-order valence-corrected chi connectivity index (χ1v) is 11.8. The van der Waals surface area contributed by atoms with Gasteiger partial charge in [0.25, 0.3) is 0 Å². The van der Waals surface area contributed by atoms with Crippen LogP contribution in [0, 0.1) is 0 Å². The third-order valence-corrected chi connectivity index (χ3v) is 6.05. The van der Waals surface area contributed by atoms with E-state index in [-0.39, 0.29) is 0 Å². The maximum absolute atomic E-state index is 13.3. The van der Waals surface area contributed by atoms with Gasteiger partial charge in [0, 0.05) is 0 Å². The Labute approximate surface area is 120 Å². The summed E-state index contributed by atoms with van der Waals surface area (Å²) in [5.74, 6) is -1.20. The third kappa shape index (κ3) is 11.8. The first-order valence-electron chi connectivity index (χ1n) is 6.69. The lowest BCUT2D eigenvalue weighted by Gasteiger charge is -2.13. The minimum absolute atomic E-state index is 0.415. The van der Waals surface area contributed by atoms with Crippen molar-refractivity contribution in [2.45, 2.75) is 76.9 Å². The molecule has 0 nitrogen and oxygen atoms in total. The highest BCUT2D eigenvalue weighted by atomic mass is 35.8. The van der Waals surface area contributed by atoms with Crippen molar-refractivity contribution in [1.29, 1.82) is 0 Å². The van der Waals surface area contributed by atoms with Crippen molar-refractivity contribution in [2.75, 3.05) is 0 Å². The van der Waals surface area contributed by atoms with Gasteiger partial charge < -0.3 is 0 Å². The van der Waals surface area contributed by atoms with Gasteiger partial charge in [-0.15, -0.1) is 33.2 Å². The van der Waals surface area contributed by atoms with Gasteiger partial charge in [0.15, 0.2) is 0 Å². The van der Waals surface area contributed by atoms with E-state index in [9.17, 15) is 4.39 Å². The monoisotopic (exact) mass is 320 g/mol. The third-order valence-electron chi connectivity index (χ3n) is 2.92. The molecule has 17 heavy (non-hydrogen) atoms. The van der Waals surface area contributed by atoms with E-state index >= 15 is 0 Å². The highest BCUT2D eigenvalue weighted by Gasteiger charge is 2.36. The maximum atomic E-state index is 13.3. The molecule has 0 spiro atoms. The smallest absolute Gasteiger partial charge is 0.247 e. The number of halogens is 4. The topological polar surface area (TPSA) is 0 Å². The van der Waals surface area contributed by atoms with Gasteiger partial charge in [0.05, 0.1) is 0 Å². The molecule has 104 valence electrons. The van der Waals surface area contributed by atoms with Gasteiger partial charge in [-0.3, -0.25) is 0 Å². The summed E-state index contributed by atoms with van der Waals surface area (Å²) >= 11 is 16.8. The van der Waals surface area contributed by atoms with Crippen LogP contribution < -0.4 is 0 Å². The predicted molar refractivity (Wildman–Crippen MR) is 80.1 cm³/mol. The van der Waals surface area contributed by atoms with Crippen molar-refractivity contribution in [1.82, 2.24) is 0 Å². The van der Waals surface area contributed by atoms with Gasteiger partial charge in [0.2, 0.25) is 0 Å². The van der Waals surface area contributed by atoms with E-state index in [1.165, 1.54) is 44.9 Å². The van der Waals surface area contributed by atoms with Gasteiger partial charge in [-0.25, -0.2) is 4.39 Å². The second-order valence-electron chi connectivity index (χ2n) is 4.63. The number of alkyl halides is 1. The van der Waals surface area contributed by atoms with Crippen molar-refractivity contribution in [2.24, 2.45) is 0 Å². The fourth-order valence-electron chi connectivity index (χ4n) is 1.80. The second-order valence-corrected chi connectivity index (χ2v) is 13.4. The van der Waals surface area contributed by atoms with Crippen molar-refractivity contribution >= 4 is 39.2 Å². The molecule has 0 aromatic heterocycles. The molecule has 0 aromatic carbocycles. The van der Waals surface area contributed by atoms with Crippen LogP contribution in [0.15, 0.2) is 0 Å². The Balaban J connectivity index is 3.19. The molecular formula is C12H24Cl3FSi. The molecule has 0 radical (unpaired) electrons. The minimum atomic E-state index is -3.10. The van der Waals surface area contributed by atoms with E-state index in [2.05, 4.69) is 6.92 Å². The summed E-state index contributed by atoms with van der Waals surface area (Å²) in [6.45, 7) is 2.22. The van der Waals surface area contributed by atoms with Gasteiger partial charge in [-0.05, 0) is 6.42 Å². The molecule has 0 rings (SSSR count). The Morgan fingerprint density at radius 1 is 0.824 bits per heavy atom. The molecule has 1 atom stereocenters. The zero-order valence-corrected chi connectivity index (χ0v) is 13.9. The SMILES string of the molecule is CCCCCCCCCCCC(F)[Si](Cl)(Cl)Cl. The molecule has 0 aliphatic carbocycles. The second kappa shape index (κ2) is 10.9. The fourth-order valence-corrected chi connectivity index (χ4v) is 3.31. The van der Waals surface area contributed by atoms with Crippen LogP contribution in [-0.4, -0.2) is 11.8 Å². The Morgan fingerprint density at radius 2 is 1.24 bits per heavy atom. The zero-order valence-electron chi connectivity index (χ0n) is 10.7. The van der Waals surface area contributed by atoms with Crippen LogP contribution in [0.2, 0.25) is 0 Å². The molecule has 0 bridgehead atoms. The lowest BCUT2D eigenvalue weighted by atomic mass is 10.1. The Hall–Kier alpha value is 1.02. The standard InChI is InChI=1S/C12H24Cl3FSi/c1-2-3-4-5-6-7-8-9-10-11-12(16)17(13,14)15/h12H,2-11H2,1H3. The zero-order chi connectivity index (χ0) is 13.1. The molecule has 0 aromatic rings. The van der Waals surface area contributed by atoms with E-state index in [1.54, 1.807) is 0 Å². The normalized spacial score (nSPS) is 13.9. The summed E-state index contributed by atoms with van der Waals surface area (Å²) in [7, 11) is 0. The Bertz CT molecular complexity index is 174. The highest BCUT2D eigenvalue weighted by Crippen LogP contribution is 2.29. The van der Waals surface area contributed by atoms with E-state index < -0.39 is 11.8 Å². The average molecular weight is 322 g/mol. The van der Waals surface area contributed by atoms with Gasteiger partial charge in [0.1, 0.15) is 5.79 Å².